The van der Waals surface area contributed by atoms with Crippen LogP contribution in [0.1, 0.15) is 37.3 Å². The van der Waals surface area contributed by atoms with E-state index in [9.17, 15) is 21.6 Å². The topological polar surface area (TPSA) is 81.1 Å². The second kappa shape index (κ2) is 10.3. The van der Waals surface area contributed by atoms with Crippen LogP contribution < -0.4 is 4.74 Å². The fourth-order valence-corrected chi connectivity index (χ4v) is 4.46. The Kier molecular flexibility index (Phi) is 7.73. The monoisotopic (exact) mass is 471 g/mol. The molecule has 3 rings (SSSR count). The summed E-state index contributed by atoms with van der Waals surface area (Å²) < 4.78 is 70.7. The molecule has 0 aliphatic carbocycles. The van der Waals surface area contributed by atoms with E-state index in [-0.39, 0.29) is 24.6 Å². The maximum atomic E-state index is 12.8. The Morgan fingerprint density at radius 3 is 2.53 bits per heavy atom. The fourth-order valence-electron chi connectivity index (χ4n) is 3.07. The number of alkyl halides is 3. The minimum absolute atomic E-state index is 0.0857. The number of sulfonamides is 1. The van der Waals surface area contributed by atoms with Gasteiger partial charge in [0.05, 0.1) is 24.1 Å². The van der Waals surface area contributed by atoms with Crippen LogP contribution in [0.3, 0.4) is 0 Å². The summed E-state index contributed by atoms with van der Waals surface area (Å²) in [5, 5.41) is 3.98. The van der Waals surface area contributed by atoms with E-state index in [4.69, 9.17) is 9.57 Å². The fraction of sp³-hybridized carbons (Fsp3) is 0.429. The number of oxime groups is 1. The Balaban J connectivity index is 1.53. The first-order valence-electron chi connectivity index (χ1n) is 10.1. The van der Waals surface area contributed by atoms with Gasteiger partial charge >= 0.3 is 6.18 Å². The van der Waals surface area contributed by atoms with Crippen molar-refractivity contribution < 1.29 is 31.2 Å². The third kappa shape index (κ3) is 6.19. The van der Waals surface area contributed by atoms with E-state index in [0.717, 1.165) is 18.6 Å². The van der Waals surface area contributed by atoms with Crippen molar-refractivity contribution in [3.05, 3.63) is 53.7 Å². The number of benzene rings is 1. The second-order valence-electron chi connectivity index (χ2n) is 7.21. The van der Waals surface area contributed by atoms with Gasteiger partial charge in [-0.3, -0.25) is 0 Å². The Morgan fingerprint density at radius 1 is 1.16 bits per heavy atom. The molecular formula is C21H24F3N3O4S. The summed E-state index contributed by atoms with van der Waals surface area (Å²) in [7, 11) is -3.69. The predicted octanol–water partition coefficient (Wildman–Crippen LogP) is 4.25. The lowest BCUT2D eigenvalue weighted by atomic mass is 10.1. The van der Waals surface area contributed by atoms with Gasteiger partial charge in [0.25, 0.3) is 0 Å². The van der Waals surface area contributed by atoms with E-state index in [1.54, 1.807) is 0 Å². The van der Waals surface area contributed by atoms with Gasteiger partial charge in [-0.15, -0.1) is 0 Å². The molecule has 0 unspecified atom stereocenters. The molecule has 1 aliphatic heterocycles. The molecule has 1 aliphatic rings. The molecule has 0 N–H and O–H groups in total. The van der Waals surface area contributed by atoms with Crippen LogP contribution in [0.2, 0.25) is 0 Å². The van der Waals surface area contributed by atoms with Gasteiger partial charge in [0.15, 0.2) is 0 Å². The lowest BCUT2D eigenvalue weighted by molar-refractivity contribution is -0.137. The Morgan fingerprint density at radius 2 is 1.91 bits per heavy atom. The third-order valence-electron chi connectivity index (χ3n) is 4.78. The summed E-state index contributed by atoms with van der Waals surface area (Å²) >= 11 is 0. The molecule has 11 heteroatoms. The molecule has 1 fully saturated rings. The van der Waals surface area contributed by atoms with Crippen molar-refractivity contribution in [1.29, 1.82) is 0 Å². The van der Waals surface area contributed by atoms with Crippen molar-refractivity contribution in [2.75, 3.05) is 19.7 Å². The summed E-state index contributed by atoms with van der Waals surface area (Å²) in [5.41, 5.74) is 0.261. The van der Waals surface area contributed by atoms with Crippen LogP contribution >= 0.6 is 0 Å². The number of ether oxygens (including phenoxy) is 1. The van der Waals surface area contributed by atoms with Gasteiger partial charge in [-0.1, -0.05) is 24.2 Å². The molecule has 174 valence electrons. The number of pyridine rings is 1. The molecule has 2 aromatic rings. The zero-order chi connectivity index (χ0) is 23.2. The van der Waals surface area contributed by atoms with E-state index in [0.29, 0.717) is 36.6 Å². The van der Waals surface area contributed by atoms with Crippen LogP contribution in [0.4, 0.5) is 13.2 Å². The Labute approximate surface area is 184 Å². The molecule has 0 amide bonds. The van der Waals surface area contributed by atoms with Crippen molar-refractivity contribution in [3.8, 4) is 5.88 Å². The van der Waals surface area contributed by atoms with Crippen molar-refractivity contribution in [3.63, 3.8) is 0 Å². The van der Waals surface area contributed by atoms with Crippen molar-refractivity contribution >= 4 is 15.7 Å². The number of halogens is 3. The maximum Gasteiger partial charge on any atom is 0.416 e. The first kappa shape index (κ1) is 24.0. The van der Waals surface area contributed by atoms with Crippen LogP contribution in [0.25, 0.3) is 0 Å². The standard InChI is InChI=1S/C21H24F3N3O4S/c1-2-12-30-20-7-6-19(14-25-20)32(28,29)27-10-8-18(9-11-27)26-31-15-16-4-3-5-17(13-16)21(22,23)24/h3-7,13-14H,2,8-12,15H2,1H3. The number of hydrogen-bond acceptors (Lipinski definition) is 6. The highest BCUT2D eigenvalue weighted by molar-refractivity contribution is 7.89. The van der Waals surface area contributed by atoms with Gasteiger partial charge in [0.2, 0.25) is 15.9 Å². The Hall–Kier alpha value is -2.66. The zero-order valence-corrected chi connectivity index (χ0v) is 18.3. The summed E-state index contributed by atoms with van der Waals surface area (Å²) in [6.07, 6.45) is -1.58. The van der Waals surface area contributed by atoms with Gasteiger partial charge in [-0.05, 0) is 30.2 Å². The van der Waals surface area contributed by atoms with Gasteiger partial charge in [-0.25, -0.2) is 13.4 Å². The highest BCUT2D eigenvalue weighted by Gasteiger charge is 2.30. The molecule has 1 aromatic heterocycles. The molecule has 1 saturated heterocycles. The summed E-state index contributed by atoms with van der Waals surface area (Å²) in [5.74, 6) is 0.372. The van der Waals surface area contributed by atoms with Gasteiger partial charge in [0, 0.05) is 32.0 Å². The number of aromatic nitrogens is 1. The molecule has 0 saturated carbocycles. The van der Waals surface area contributed by atoms with E-state index < -0.39 is 21.8 Å². The molecular weight excluding hydrogens is 447 g/mol. The number of piperidine rings is 1. The third-order valence-corrected chi connectivity index (χ3v) is 6.66. The average molecular weight is 472 g/mol. The molecule has 0 bridgehead atoms. The molecule has 2 heterocycles. The van der Waals surface area contributed by atoms with Crippen LogP contribution in [-0.4, -0.2) is 43.1 Å². The largest absolute Gasteiger partial charge is 0.478 e. The van der Waals surface area contributed by atoms with Gasteiger partial charge < -0.3 is 9.57 Å². The summed E-state index contributed by atoms with van der Waals surface area (Å²) in [6, 6.07) is 7.84. The smallest absolute Gasteiger partial charge is 0.416 e. The first-order chi connectivity index (χ1) is 15.2. The predicted molar refractivity (Wildman–Crippen MR) is 112 cm³/mol. The van der Waals surface area contributed by atoms with Crippen LogP contribution in [-0.2, 0) is 27.6 Å². The lowest BCUT2D eigenvalue weighted by Crippen LogP contribution is -2.38. The molecule has 1 aromatic carbocycles. The highest BCUT2D eigenvalue weighted by atomic mass is 32.2. The van der Waals surface area contributed by atoms with E-state index >= 15 is 0 Å². The highest BCUT2D eigenvalue weighted by Crippen LogP contribution is 2.29. The molecule has 7 nitrogen and oxygen atoms in total. The zero-order valence-electron chi connectivity index (χ0n) is 17.5. The van der Waals surface area contributed by atoms with Gasteiger partial charge in [0.1, 0.15) is 11.5 Å². The summed E-state index contributed by atoms with van der Waals surface area (Å²) in [4.78, 5) is 9.33. The van der Waals surface area contributed by atoms with Crippen molar-refractivity contribution in [1.82, 2.24) is 9.29 Å². The SMILES string of the molecule is CCCOc1ccc(S(=O)(=O)N2CCC(=NOCc3cccc(C(F)(F)F)c3)CC2)cn1. The van der Waals surface area contributed by atoms with Crippen LogP contribution in [0.15, 0.2) is 52.6 Å². The van der Waals surface area contributed by atoms with Crippen LogP contribution in [0, 0.1) is 0 Å². The Bertz CT molecular complexity index is 1030. The van der Waals surface area contributed by atoms with Crippen LogP contribution in [0.5, 0.6) is 5.88 Å². The second-order valence-corrected chi connectivity index (χ2v) is 9.15. The van der Waals surface area contributed by atoms with Crippen molar-refractivity contribution in [2.45, 2.75) is 43.9 Å². The molecule has 0 atom stereocenters. The van der Waals surface area contributed by atoms with E-state index in [1.165, 1.54) is 34.8 Å². The molecule has 32 heavy (non-hydrogen) atoms. The van der Waals surface area contributed by atoms with Gasteiger partial charge in [-0.2, -0.15) is 17.5 Å². The minimum Gasteiger partial charge on any atom is -0.478 e. The summed E-state index contributed by atoms with van der Waals surface area (Å²) in [6.45, 7) is 2.81. The molecule has 0 spiro atoms. The number of hydrogen-bond donors (Lipinski definition) is 0. The van der Waals surface area contributed by atoms with Crippen molar-refractivity contribution in [2.24, 2.45) is 5.16 Å². The van der Waals surface area contributed by atoms with E-state index in [2.05, 4.69) is 10.1 Å². The number of rotatable bonds is 8. The quantitative estimate of drug-likeness (QED) is 0.538. The normalized spacial score (nSPS) is 15.4. The first-order valence-corrected chi connectivity index (χ1v) is 11.6. The number of nitrogens with zero attached hydrogens (tertiary/aromatic N) is 3. The molecule has 0 radical (unpaired) electrons. The van der Waals surface area contributed by atoms with E-state index in [1.807, 2.05) is 6.92 Å². The lowest BCUT2D eigenvalue weighted by Gasteiger charge is -2.26. The maximum absolute atomic E-state index is 12.8. The minimum atomic E-state index is -4.42. The average Bonchev–Trinajstić information content (AvgIpc) is 2.78.